The summed E-state index contributed by atoms with van der Waals surface area (Å²) in [5.41, 5.74) is 6.50. The molecular formula is C14H16N2O2. The number of aromatic nitrogens is 1. The van der Waals surface area contributed by atoms with Crippen LogP contribution < -0.4 is 15.2 Å². The maximum atomic E-state index is 6.01. The van der Waals surface area contributed by atoms with Crippen molar-refractivity contribution in [1.29, 1.82) is 0 Å². The van der Waals surface area contributed by atoms with Crippen LogP contribution in [0.1, 0.15) is 13.8 Å². The maximum Gasteiger partial charge on any atom is 0.154 e. The quantitative estimate of drug-likeness (QED) is 0.839. The standard InChI is InChI=1S/C14H16N2O2/c1-10(2)17-12-6-3-7-13(14(12)15)18-11-5-4-8-16-9-11/h3-10H,15H2,1-2H3. The fourth-order valence-corrected chi connectivity index (χ4v) is 1.50. The van der Waals surface area contributed by atoms with Gasteiger partial charge in [0.2, 0.25) is 0 Å². The normalized spacial score (nSPS) is 10.4. The predicted molar refractivity (Wildman–Crippen MR) is 70.9 cm³/mol. The Morgan fingerprint density at radius 2 is 1.89 bits per heavy atom. The largest absolute Gasteiger partial charge is 0.489 e. The number of pyridine rings is 1. The highest BCUT2D eigenvalue weighted by Gasteiger charge is 2.09. The Bertz CT molecular complexity index is 512. The lowest BCUT2D eigenvalue weighted by Crippen LogP contribution is -2.07. The van der Waals surface area contributed by atoms with E-state index in [4.69, 9.17) is 15.2 Å². The highest BCUT2D eigenvalue weighted by atomic mass is 16.5. The predicted octanol–water partition coefficient (Wildman–Crippen LogP) is 3.24. The van der Waals surface area contributed by atoms with E-state index in [1.54, 1.807) is 24.5 Å². The first-order chi connectivity index (χ1) is 8.66. The summed E-state index contributed by atoms with van der Waals surface area (Å²) in [5, 5.41) is 0. The number of hydrogen-bond donors (Lipinski definition) is 1. The van der Waals surface area contributed by atoms with E-state index in [-0.39, 0.29) is 6.10 Å². The van der Waals surface area contributed by atoms with Crippen molar-refractivity contribution in [3.63, 3.8) is 0 Å². The highest BCUT2D eigenvalue weighted by Crippen LogP contribution is 2.34. The Morgan fingerprint density at radius 1 is 1.11 bits per heavy atom. The van der Waals surface area contributed by atoms with E-state index in [9.17, 15) is 0 Å². The summed E-state index contributed by atoms with van der Waals surface area (Å²) in [6.07, 6.45) is 3.39. The molecular weight excluding hydrogens is 228 g/mol. The van der Waals surface area contributed by atoms with E-state index in [1.807, 2.05) is 32.0 Å². The first kappa shape index (κ1) is 12.2. The van der Waals surface area contributed by atoms with Gasteiger partial charge in [-0.1, -0.05) is 6.07 Å². The van der Waals surface area contributed by atoms with Gasteiger partial charge in [-0.05, 0) is 38.1 Å². The molecule has 0 unspecified atom stereocenters. The molecule has 0 saturated heterocycles. The summed E-state index contributed by atoms with van der Waals surface area (Å²) in [4.78, 5) is 3.98. The fourth-order valence-electron chi connectivity index (χ4n) is 1.50. The third-order valence-corrected chi connectivity index (χ3v) is 2.25. The number of para-hydroxylation sites is 1. The first-order valence-corrected chi connectivity index (χ1v) is 5.80. The molecule has 2 N–H and O–H groups in total. The third kappa shape index (κ3) is 2.91. The Balaban J connectivity index is 2.23. The van der Waals surface area contributed by atoms with Gasteiger partial charge < -0.3 is 15.2 Å². The molecule has 1 aromatic heterocycles. The molecule has 0 aliphatic carbocycles. The summed E-state index contributed by atoms with van der Waals surface area (Å²) < 4.78 is 11.3. The van der Waals surface area contributed by atoms with Crippen molar-refractivity contribution in [2.75, 3.05) is 5.73 Å². The van der Waals surface area contributed by atoms with Crippen molar-refractivity contribution in [2.45, 2.75) is 20.0 Å². The minimum atomic E-state index is 0.0703. The van der Waals surface area contributed by atoms with Crippen LogP contribution in [0.2, 0.25) is 0 Å². The number of nitrogen functional groups attached to an aromatic ring is 1. The zero-order valence-corrected chi connectivity index (χ0v) is 10.5. The molecule has 18 heavy (non-hydrogen) atoms. The van der Waals surface area contributed by atoms with Gasteiger partial charge in [-0.3, -0.25) is 4.98 Å². The number of benzene rings is 1. The van der Waals surface area contributed by atoms with Gasteiger partial charge in [-0.15, -0.1) is 0 Å². The third-order valence-electron chi connectivity index (χ3n) is 2.25. The van der Waals surface area contributed by atoms with E-state index >= 15 is 0 Å². The van der Waals surface area contributed by atoms with Crippen molar-refractivity contribution < 1.29 is 9.47 Å². The Hall–Kier alpha value is -2.23. The minimum Gasteiger partial charge on any atom is -0.489 e. The van der Waals surface area contributed by atoms with Gasteiger partial charge in [0.05, 0.1) is 12.3 Å². The van der Waals surface area contributed by atoms with Gasteiger partial charge in [-0.25, -0.2) is 0 Å². The van der Waals surface area contributed by atoms with Crippen LogP contribution >= 0.6 is 0 Å². The lowest BCUT2D eigenvalue weighted by atomic mass is 10.2. The average molecular weight is 244 g/mol. The SMILES string of the molecule is CC(C)Oc1cccc(Oc2cccnc2)c1N. The monoisotopic (exact) mass is 244 g/mol. The lowest BCUT2D eigenvalue weighted by Gasteiger charge is -2.14. The molecule has 0 amide bonds. The van der Waals surface area contributed by atoms with Crippen LogP contribution in [-0.2, 0) is 0 Å². The van der Waals surface area contributed by atoms with Crippen LogP contribution in [0.5, 0.6) is 17.2 Å². The second-order valence-corrected chi connectivity index (χ2v) is 4.13. The molecule has 0 bridgehead atoms. The summed E-state index contributed by atoms with van der Waals surface area (Å²) in [5.74, 6) is 1.85. The molecule has 0 aliphatic rings. The van der Waals surface area contributed by atoms with Gasteiger partial charge in [0.15, 0.2) is 5.75 Å². The number of hydrogen-bond acceptors (Lipinski definition) is 4. The molecule has 4 nitrogen and oxygen atoms in total. The average Bonchev–Trinajstić information content (AvgIpc) is 2.35. The molecule has 4 heteroatoms. The van der Waals surface area contributed by atoms with Crippen molar-refractivity contribution in [3.8, 4) is 17.2 Å². The van der Waals surface area contributed by atoms with Crippen LogP contribution in [0, 0.1) is 0 Å². The molecule has 2 rings (SSSR count). The minimum absolute atomic E-state index is 0.0703. The maximum absolute atomic E-state index is 6.01. The van der Waals surface area contributed by atoms with Crippen molar-refractivity contribution >= 4 is 5.69 Å². The number of nitrogens with zero attached hydrogens (tertiary/aromatic N) is 1. The summed E-state index contributed by atoms with van der Waals surface area (Å²) in [6.45, 7) is 3.90. The van der Waals surface area contributed by atoms with Gasteiger partial charge >= 0.3 is 0 Å². The molecule has 0 radical (unpaired) electrons. The number of ether oxygens (including phenoxy) is 2. The molecule has 0 atom stereocenters. The Labute approximate surface area is 106 Å². The molecule has 0 aliphatic heterocycles. The van der Waals surface area contributed by atoms with Gasteiger partial charge in [0.25, 0.3) is 0 Å². The fraction of sp³-hybridized carbons (Fsp3) is 0.214. The van der Waals surface area contributed by atoms with Gasteiger partial charge in [0, 0.05) is 6.20 Å². The molecule has 0 fully saturated rings. The van der Waals surface area contributed by atoms with Crippen molar-refractivity contribution in [2.24, 2.45) is 0 Å². The topological polar surface area (TPSA) is 57.4 Å². The van der Waals surface area contributed by atoms with E-state index in [1.165, 1.54) is 0 Å². The van der Waals surface area contributed by atoms with E-state index < -0.39 is 0 Å². The molecule has 1 heterocycles. The number of nitrogens with two attached hydrogens (primary N) is 1. The van der Waals surface area contributed by atoms with Crippen LogP contribution in [0.4, 0.5) is 5.69 Å². The summed E-state index contributed by atoms with van der Waals surface area (Å²) in [7, 11) is 0. The molecule has 0 saturated carbocycles. The number of anilines is 1. The van der Waals surface area contributed by atoms with E-state index in [0.29, 0.717) is 22.9 Å². The first-order valence-electron chi connectivity index (χ1n) is 5.80. The van der Waals surface area contributed by atoms with E-state index in [2.05, 4.69) is 4.98 Å². The van der Waals surface area contributed by atoms with Crippen molar-refractivity contribution in [3.05, 3.63) is 42.7 Å². The van der Waals surface area contributed by atoms with Crippen LogP contribution in [-0.4, -0.2) is 11.1 Å². The Morgan fingerprint density at radius 3 is 2.56 bits per heavy atom. The summed E-state index contributed by atoms with van der Waals surface area (Å²) >= 11 is 0. The van der Waals surface area contributed by atoms with Crippen LogP contribution in [0.25, 0.3) is 0 Å². The molecule has 0 spiro atoms. The second-order valence-electron chi connectivity index (χ2n) is 4.13. The van der Waals surface area contributed by atoms with Gasteiger partial charge in [0.1, 0.15) is 17.2 Å². The molecule has 1 aromatic carbocycles. The lowest BCUT2D eigenvalue weighted by molar-refractivity contribution is 0.243. The van der Waals surface area contributed by atoms with Crippen LogP contribution in [0.3, 0.4) is 0 Å². The van der Waals surface area contributed by atoms with E-state index in [0.717, 1.165) is 0 Å². The molecule has 94 valence electrons. The second kappa shape index (κ2) is 5.40. The Kier molecular flexibility index (Phi) is 3.67. The summed E-state index contributed by atoms with van der Waals surface area (Å²) in [6, 6.07) is 9.10. The zero-order chi connectivity index (χ0) is 13.0. The highest BCUT2D eigenvalue weighted by molar-refractivity contribution is 5.63. The van der Waals surface area contributed by atoms with Crippen LogP contribution in [0.15, 0.2) is 42.7 Å². The van der Waals surface area contributed by atoms with Gasteiger partial charge in [-0.2, -0.15) is 0 Å². The molecule has 2 aromatic rings. The zero-order valence-electron chi connectivity index (χ0n) is 10.5. The van der Waals surface area contributed by atoms with Crippen molar-refractivity contribution in [1.82, 2.24) is 4.98 Å². The smallest absolute Gasteiger partial charge is 0.154 e. The number of rotatable bonds is 4.